The number of hydrogen-bond donors (Lipinski definition) is 2. The number of nitrogens with zero attached hydrogens (tertiary/aromatic N) is 2. The van der Waals surface area contributed by atoms with E-state index >= 15 is 0 Å². The van der Waals surface area contributed by atoms with Gasteiger partial charge in [-0.2, -0.15) is 0 Å². The number of pyridine rings is 1. The third kappa shape index (κ3) is 3.75. The average molecular weight is 325 g/mol. The van der Waals surface area contributed by atoms with Crippen molar-refractivity contribution in [1.29, 1.82) is 0 Å². The molecule has 1 fully saturated rings. The molecule has 0 radical (unpaired) electrons. The van der Waals surface area contributed by atoms with E-state index in [4.69, 9.17) is 4.52 Å². The number of aryl methyl sites for hydroxylation is 1. The van der Waals surface area contributed by atoms with Gasteiger partial charge in [-0.15, -0.1) is 12.4 Å². The van der Waals surface area contributed by atoms with Gasteiger partial charge in [0.15, 0.2) is 0 Å². The van der Waals surface area contributed by atoms with Crippen molar-refractivity contribution in [3.8, 4) is 0 Å². The minimum Gasteiger partial charge on any atom is -0.352 e. The van der Waals surface area contributed by atoms with E-state index in [9.17, 15) is 4.79 Å². The van der Waals surface area contributed by atoms with E-state index < -0.39 is 0 Å². The molecule has 7 heteroatoms. The number of aromatic nitrogens is 2. The number of amides is 1. The number of rotatable bonds is 4. The molecule has 2 aromatic heterocycles. The van der Waals surface area contributed by atoms with E-state index in [1.807, 2.05) is 6.92 Å². The third-order valence-corrected chi connectivity index (χ3v) is 4.01. The number of fused-ring (bicyclic) bond motifs is 1. The molecule has 3 rings (SSSR count). The SMILES string of the molecule is Cc1noc2ncc(C(=O)NCCC3CCCNC3)cc12.Cl. The van der Waals surface area contributed by atoms with Crippen molar-refractivity contribution in [3.63, 3.8) is 0 Å². The Morgan fingerprint density at radius 1 is 1.55 bits per heavy atom. The minimum absolute atomic E-state index is 0. The summed E-state index contributed by atoms with van der Waals surface area (Å²) in [4.78, 5) is 16.3. The van der Waals surface area contributed by atoms with Crippen LogP contribution in [0.5, 0.6) is 0 Å². The van der Waals surface area contributed by atoms with Crippen LogP contribution in [0, 0.1) is 12.8 Å². The monoisotopic (exact) mass is 324 g/mol. The summed E-state index contributed by atoms with van der Waals surface area (Å²) in [5.41, 5.74) is 1.77. The summed E-state index contributed by atoms with van der Waals surface area (Å²) in [5.74, 6) is 0.578. The fourth-order valence-corrected chi connectivity index (χ4v) is 2.73. The molecule has 1 aliphatic rings. The van der Waals surface area contributed by atoms with Gasteiger partial charge in [0.1, 0.15) is 0 Å². The van der Waals surface area contributed by atoms with Gasteiger partial charge in [-0.25, -0.2) is 4.98 Å². The first kappa shape index (κ1) is 16.7. The molecule has 0 saturated carbocycles. The maximum absolute atomic E-state index is 12.1. The number of nitrogens with one attached hydrogen (secondary N) is 2. The molecule has 0 aliphatic carbocycles. The van der Waals surface area contributed by atoms with Crippen LogP contribution in [0.1, 0.15) is 35.3 Å². The Morgan fingerprint density at radius 2 is 2.41 bits per heavy atom. The highest BCUT2D eigenvalue weighted by Crippen LogP contribution is 2.17. The van der Waals surface area contributed by atoms with Crippen LogP contribution < -0.4 is 10.6 Å². The highest BCUT2D eigenvalue weighted by molar-refractivity contribution is 5.96. The smallest absolute Gasteiger partial charge is 0.257 e. The van der Waals surface area contributed by atoms with Crippen molar-refractivity contribution in [3.05, 3.63) is 23.5 Å². The third-order valence-electron chi connectivity index (χ3n) is 4.01. The summed E-state index contributed by atoms with van der Waals surface area (Å²) in [6.07, 6.45) is 5.02. The van der Waals surface area contributed by atoms with E-state index in [0.29, 0.717) is 23.7 Å². The summed E-state index contributed by atoms with van der Waals surface area (Å²) >= 11 is 0. The number of halogens is 1. The molecule has 3 heterocycles. The van der Waals surface area contributed by atoms with Gasteiger partial charge in [0, 0.05) is 12.7 Å². The molecule has 1 amide bonds. The molecular weight excluding hydrogens is 304 g/mol. The largest absolute Gasteiger partial charge is 0.352 e. The molecule has 1 saturated heterocycles. The van der Waals surface area contributed by atoms with Crippen LogP contribution in [-0.2, 0) is 0 Å². The van der Waals surface area contributed by atoms with Gasteiger partial charge in [-0.05, 0) is 51.3 Å². The second-order valence-corrected chi connectivity index (χ2v) is 5.60. The maximum Gasteiger partial charge on any atom is 0.257 e. The zero-order valence-electron chi connectivity index (χ0n) is 12.6. The van der Waals surface area contributed by atoms with Gasteiger partial charge in [0.25, 0.3) is 11.6 Å². The van der Waals surface area contributed by atoms with E-state index in [1.54, 1.807) is 6.07 Å². The number of carbonyl (C=O) groups is 1. The number of piperidine rings is 1. The highest BCUT2D eigenvalue weighted by Gasteiger charge is 2.14. The van der Waals surface area contributed by atoms with Gasteiger partial charge >= 0.3 is 0 Å². The molecule has 1 aliphatic heterocycles. The lowest BCUT2D eigenvalue weighted by molar-refractivity contribution is 0.0950. The average Bonchev–Trinajstić information content (AvgIpc) is 2.89. The molecule has 1 atom stereocenters. The Bertz CT molecular complexity index is 638. The molecule has 0 spiro atoms. The zero-order valence-corrected chi connectivity index (χ0v) is 13.4. The lowest BCUT2D eigenvalue weighted by Crippen LogP contribution is -2.33. The van der Waals surface area contributed by atoms with Crippen LogP contribution in [0.4, 0.5) is 0 Å². The Kier molecular flexibility index (Phi) is 5.74. The quantitative estimate of drug-likeness (QED) is 0.900. The molecule has 1 unspecified atom stereocenters. The van der Waals surface area contributed by atoms with Crippen molar-refractivity contribution in [2.45, 2.75) is 26.2 Å². The topological polar surface area (TPSA) is 80.0 Å². The van der Waals surface area contributed by atoms with Crippen molar-refractivity contribution in [1.82, 2.24) is 20.8 Å². The molecule has 2 aromatic rings. The van der Waals surface area contributed by atoms with Crippen LogP contribution in [0.15, 0.2) is 16.8 Å². The molecule has 0 bridgehead atoms. The van der Waals surface area contributed by atoms with Crippen molar-refractivity contribution in [2.75, 3.05) is 19.6 Å². The van der Waals surface area contributed by atoms with Crippen LogP contribution in [0.3, 0.4) is 0 Å². The molecule has 120 valence electrons. The molecule has 2 N–H and O–H groups in total. The predicted molar refractivity (Wildman–Crippen MR) is 86.3 cm³/mol. The fourth-order valence-electron chi connectivity index (χ4n) is 2.73. The summed E-state index contributed by atoms with van der Waals surface area (Å²) < 4.78 is 5.04. The fraction of sp³-hybridized carbons (Fsp3) is 0.533. The first-order chi connectivity index (χ1) is 10.2. The van der Waals surface area contributed by atoms with Crippen LogP contribution in [-0.4, -0.2) is 35.7 Å². The Balaban J connectivity index is 0.00000176. The summed E-state index contributed by atoms with van der Waals surface area (Å²) in [6.45, 7) is 4.72. The Hall–Kier alpha value is -1.66. The Labute approximate surface area is 135 Å². The van der Waals surface area contributed by atoms with Gasteiger partial charge in [0.05, 0.1) is 16.6 Å². The summed E-state index contributed by atoms with van der Waals surface area (Å²) in [6, 6.07) is 1.78. The first-order valence-electron chi connectivity index (χ1n) is 7.45. The van der Waals surface area contributed by atoms with Gasteiger partial charge in [-0.3, -0.25) is 4.79 Å². The number of carbonyl (C=O) groups excluding carboxylic acids is 1. The second-order valence-electron chi connectivity index (χ2n) is 5.60. The van der Waals surface area contributed by atoms with Gasteiger partial charge < -0.3 is 15.2 Å². The molecule has 0 aromatic carbocycles. The van der Waals surface area contributed by atoms with E-state index in [2.05, 4.69) is 20.8 Å². The zero-order chi connectivity index (χ0) is 14.7. The predicted octanol–water partition coefficient (Wildman–Crippen LogP) is 2.07. The standard InChI is InChI=1S/C15H20N4O2.ClH/c1-10-13-7-12(9-18-15(13)21-19-10)14(20)17-6-4-11-3-2-5-16-8-11;/h7,9,11,16H,2-6,8H2,1H3,(H,17,20);1H. The minimum atomic E-state index is -0.0891. The molecule has 22 heavy (non-hydrogen) atoms. The molecular formula is C15H21ClN4O2. The van der Waals surface area contributed by atoms with E-state index in [0.717, 1.165) is 30.6 Å². The Morgan fingerprint density at radius 3 is 3.18 bits per heavy atom. The highest BCUT2D eigenvalue weighted by atomic mass is 35.5. The first-order valence-corrected chi connectivity index (χ1v) is 7.45. The van der Waals surface area contributed by atoms with Crippen LogP contribution in [0.25, 0.3) is 11.1 Å². The summed E-state index contributed by atoms with van der Waals surface area (Å²) in [7, 11) is 0. The van der Waals surface area contributed by atoms with Crippen LogP contribution >= 0.6 is 12.4 Å². The second kappa shape index (κ2) is 7.56. The van der Waals surface area contributed by atoms with Gasteiger partial charge in [0.2, 0.25) is 0 Å². The van der Waals surface area contributed by atoms with Crippen molar-refractivity contribution >= 4 is 29.4 Å². The summed E-state index contributed by atoms with van der Waals surface area (Å²) in [5, 5.41) is 11.0. The van der Waals surface area contributed by atoms with Crippen LogP contribution in [0.2, 0.25) is 0 Å². The van der Waals surface area contributed by atoms with Gasteiger partial charge in [-0.1, -0.05) is 5.16 Å². The normalized spacial score (nSPS) is 18.0. The number of hydrogen-bond acceptors (Lipinski definition) is 5. The van der Waals surface area contributed by atoms with Crippen molar-refractivity contribution in [2.24, 2.45) is 5.92 Å². The lowest BCUT2D eigenvalue weighted by Gasteiger charge is -2.22. The lowest BCUT2D eigenvalue weighted by atomic mass is 9.96. The van der Waals surface area contributed by atoms with E-state index in [-0.39, 0.29) is 18.3 Å². The maximum atomic E-state index is 12.1. The van der Waals surface area contributed by atoms with Crippen molar-refractivity contribution < 1.29 is 9.32 Å². The van der Waals surface area contributed by atoms with E-state index in [1.165, 1.54) is 19.0 Å². The molecule has 6 nitrogen and oxygen atoms in total.